The third kappa shape index (κ3) is 4.77. The Bertz CT molecular complexity index is 1580. The number of nitrogens with one attached hydrogen (secondary N) is 2. The molecule has 35 heavy (non-hydrogen) atoms. The van der Waals surface area contributed by atoms with Crippen LogP contribution in [0.3, 0.4) is 0 Å². The molecule has 5 aromatic rings. The van der Waals surface area contributed by atoms with Crippen LogP contribution in [0.4, 0.5) is 21.7 Å². The van der Waals surface area contributed by atoms with Gasteiger partial charge in [0.05, 0.1) is 16.8 Å². The molecule has 0 aliphatic heterocycles. The predicted molar refractivity (Wildman–Crippen MR) is 124 cm³/mol. The SMILES string of the molecule is O=C(O)c1cccc(-c2ccc(C=NNc3nc4nonc4nc3Nc3ccc(F)c(Cl)c3)o2)c1. The molecule has 0 spiro atoms. The molecule has 3 heterocycles. The number of benzene rings is 2. The zero-order valence-corrected chi connectivity index (χ0v) is 18.2. The number of hydrogen-bond donors (Lipinski definition) is 3. The van der Waals surface area contributed by atoms with Crippen LogP contribution < -0.4 is 10.7 Å². The Morgan fingerprint density at radius 1 is 1.06 bits per heavy atom. The number of anilines is 3. The number of rotatable bonds is 7. The van der Waals surface area contributed by atoms with E-state index < -0.39 is 11.8 Å². The van der Waals surface area contributed by atoms with Crippen molar-refractivity contribution in [3.63, 3.8) is 0 Å². The smallest absolute Gasteiger partial charge is 0.335 e. The molecule has 0 atom stereocenters. The molecule has 2 aromatic carbocycles. The molecule has 0 radical (unpaired) electrons. The summed E-state index contributed by atoms with van der Waals surface area (Å²) in [4.78, 5) is 19.8. The Morgan fingerprint density at radius 3 is 2.63 bits per heavy atom. The standard InChI is InChI=1S/C22H13ClFN7O4/c23-15-9-13(4-6-16(15)24)26-18-19(28-21-20(27-18)30-35-31-21)29-25-10-14-5-7-17(34-14)11-2-1-3-12(8-11)22(32)33/h1-10H,(H,32,33)(H,26,27,30)(H,28,29,31). The Balaban J connectivity index is 1.37. The lowest BCUT2D eigenvalue weighted by Crippen LogP contribution is -2.03. The maximum atomic E-state index is 13.5. The largest absolute Gasteiger partial charge is 0.478 e. The van der Waals surface area contributed by atoms with Crippen LogP contribution in [0.1, 0.15) is 16.1 Å². The van der Waals surface area contributed by atoms with Gasteiger partial charge in [0.2, 0.25) is 11.3 Å². The third-order valence-electron chi connectivity index (χ3n) is 4.68. The van der Waals surface area contributed by atoms with Crippen LogP contribution in [0, 0.1) is 5.82 Å². The number of nitrogens with zero attached hydrogens (tertiary/aromatic N) is 5. The van der Waals surface area contributed by atoms with E-state index in [-0.39, 0.29) is 33.5 Å². The summed E-state index contributed by atoms with van der Waals surface area (Å²) in [5.74, 6) is -0.346. The molecule has 0 bridgehead atoms. The summed E-state index contributed by atoms with van der Waals surface area (Å²) in [5, 5.41) is 23.5. The lowest BCUT2D eigenvalue weighted by molar-refractivity contribution is 0.0697. The van der Waals surface area contributed by atoms with Gasteiger partial charge in [0, 0.05) is 11.3 Å². The number of halogens is 2. The molecule has 3 aromatic heterocycles. The van der Waals surface area contributed by atoms with E-state index in [9.17, 15) is 9.18 Å². The molecule has 0 fully saturated rings. The van der Waals surface area contributed by atoms with E-state index in [0.29, 0.717) is 22.8 Å². The van der Waals surface area contributed by atoms with Crippen molar-refractivity contribution < 1.29 is 23.3 Å². The van der Waals surface area contributed by atoms with Crippen LogP contribution in [0.15, 0.2) is 68.7 Å². The molecule has 0 saturated carbocycles. The quantitative estimate of drug-likeness (QED) is 0.209. The second kappa shape index (κ2) is 9.19. The normalized spacial score (nSPS) is 11.3. The van der Waals surface area contributed by atoms with Crippen molar-refractivity contribution in [3.8, 4) is 11.3 Å². The minimum Gasteiger partial charge on any atom is -0.478 e. The van der Waals surface area contributed by atoms with Crippen LogP contribution >= 0.6 is 11.6 Å². The summed E-state index contributed by atoms with van der Waals surface area (Å²) in [6.07, 6.45) is 1.40. The first-order valence-corrected chi connectivity index (χ1v) is 10.3. The average Bonchev–Trinajstić information content (AvgIpc) is 3.51. The summed E-state index contributed by atoms with van der Waals surface area (Å²) < 4.78 is 23.9. The predicted octanol–water partition coefficient (Wildman–Crippen LogP) is 4.95. The molecule has 0 aliphatic rings. The lowest BCUT2D eigenvalue weighted by Gasteiger charge is -2.09. The van der Waals surface area contributed by atoms with Gasteiger partial charge >= 0.3 is 5.97 Å². The number of carboxylic acids is 1. The van der Waals surface area contributed by atoms with Gasteiger partial charge in [0.15, 0.2) is 11.6 Å². The van der Waals surface area contributed by atoms with Gasteiger partial charge in [0.1, 0.15) is 17.3 Å². The van der Waals surface area contributed by atoms with E-state index in [4.69, 9.17) is 21.1 Å². The highest BCUT2D eigenvalue weighted by Gasteiger charge is 2.14. The number of aromatic carboxylic acids is 1. The van der Waals surface area contributed by atoms with Crippen molar-refractivity contribution in [2.75, 3.05) is 10.7 Å². The van der Waals surface area contributed by atoms with Crippen LogP contribution in [0.25, 0.3) is 22.6 Å². The topological polar surface area (TPSA) is 152 Å². The summed E-state index contributed by atoms with van der Waals surface area (Å²) in [5.41, 5.74) is 4.24. The van der Waals surface area contributed by atoms with E-state index in [1.165, 1.54) is 36.5 Å². The number of fused-ring (bicyclic) bond motifs is 1. The highest BCUT2D eigenvalue weighted by Crippen LogP contribution is 2.27. The van der Waals surface area contributed by atoms with Crippen molar-refractivity contribution in [2.45, 2.75) is 0 Å². The Kier molecular flexibility index (Phi) is 5.77. The summed E-state index contributed by atoms with van der Waals surface area (Å²) in [6.45, 7) is 0. The van der Waals surface area contributed by atoms with Gasteiger partial charge in [0.25, 0.3) is 0 Å². The number of furan rings is 1. The number of hydrazone groups is 1. The van der Waals surface area contributed by atoms with Gasteiger partial charge in [-0.3, -0.25) is 5.43 Å². The summed E-state index contributed by atoms with van der Waals surface area (Å²) >= 11 is 5.85. The van der Waals surface area contributed by atoms with Crippen molar-refractivity contribution >= 4 is 52.4 Å². The molecule has 0 aliphatic carbocycles. The zero-order chi connectivity index (χ0) is 24.4. The molecule has 174 valence electrons. The molecule has 3 N–H and O–H groups in total. The first-order chi connectivity index (χ1) is 17.0. The minimum absolute atomic E-state index is 0.0674. The molecule has 5 rings (SSSR count). The molecule has 11 nitrogen and oxygen atoms in total. The fraction of sp³-hybridized carbons (Fsp3) is 0. The van der Waals surface area contributed by atoms with Crippen molar-refractivity contribution in [3.05, 3.63) is 76.8 Å². The van der Waals surface area contributed by atoms with Gasteiger partial charge in [-0.15, -0.1) is 0 Å². The maximum Gasteiger partial charge on any atom is 0.335 e. The maximum absolute atomic E-state index is 13.5. The van der Waals surface area contributed by atoms with Gasteiger partial charge in [-0.2, -0.15) is 10.1 Å². The fourth-order valence-electron chi connectivity index (χ4n) is 3.05. The number of carbonyl (C=O) groups is 1. The van der Waals surface area contributed by atoms with E-state index in [1.54, 1.807) is 24.3 Å². The molecular weight excluding hydrogens is 481 g/mol. The fourth-order valence-corrected chi connectivity index (χ4v) is 3.23. The molecule has 13 heteroatoms. The third-order valence-corrected chi connectivity index (χ3v) is 4.97. The first-order valence-electron chi connectivity index (χ1n) is 9.91. The molecular formula is C22H13ClFN7O4. The van der Waals surface area contributed by atoms with Gasteiger partial charge in [-0.05, 0) is 52.8 Å². The first kappa shape index (κ1) is 22.0. The summed E-state index contributed by atoms with van der Waals surface area (Å²) in [7, 11) is 0. The van der Waals surface area contributed by atoms with Crippen molar-refractivity contribution in [1.82, 2.24) is 20.3 Å². The van der Waals surface area contributed by atoms with E-state index in [0.717, 1.165) is 0 Å². The Labute approximate surface area is 200 Å². The van der Waals surface area contributed by atoms with Gasteiger partial charge < -0.3 is 14.8 Å². The van der Waals surface area contributed by atoms with Crippen LogP contribution in [0.5, 0.6) is 0 Å². The number of carboxylic acid groups (broad SMARTS) is 1. The molecule has 0 unspecified atom stereocenters. The highest BCUT2D eigenvalue weighted by atomic mass is 35.5. The number of aromatic nitrogens is 4. The highest BCUT2D eigenvalue weighted by molar-refractivity contribution is 6.31. The van der Waals surface area contributed by atoms with E-state index in [1.807, 2.05) is 0 Å². The lowest BCUT2D eigenvalue weighted by atomic mass is 10.1. The van der Waals surface area contributed by atoms with Crippen LogP contribution in [-0.4, -0.2) is 37.6 Å². The van der Waals surface area contributed by atoms with Crippen LogP contribution in [-0.2, 0) is 0 Å². The number of hydrogen-bond acceptors (Lipinski definition) is 10. The Morgan fingerprint density at radius 2 is 1.86 bits per heavy atom. The van der Waals surface area contributed by atoms with Crippen LogP contribution in [0.2, 0.25) is 5.02 Å². The van der Waals surface area contributed by atoms with E-state index in [2.05, 4.69) is 40.8 Å². The molecule has 0 amide bonds. The van der Waals surface area contributed by atoms with Crippen molar-refractivity contribution in [1.29, 1.82) is 0 Å². The monoisotopic (exact) mass is 493 g/mol. The average molecular weight is 494 g/mol. The van der Waals surface area contributed by atoms with Crippen molar-refractivity contribution in [2.24, 2.45) is 5.10 Å². The minimum atomic E-state index is -1.03. The second-order valence-corrected chi connectivity index (χ2v) is 7.45. The van der Waals surface area contributed by atoms with E-state index >= 15 is 0 Å². The zero-order valence-electron chi connectivity index (χ0n) is 17.4. The van der Waals surface area contributed by atoms with Gasteiger partial charge in [-0.25, -0.2) is 18.8 Å². The summed E-state index contributed by atoms with van der Waals surface area (Å²) in [6, 6.07) is 13.8. The second-order valence-electron chi connectivity index (χ2n) is 7.04. The van der Waals surface area contributed by atoms with Gasteiger partial charge in [-0.1, -0.05) is 23.7 Å². The molecule has 0 saturated heterocycles. The Hall–Kier alpha value is -4.84.